The second kappa shape index (κ2) is 8.14. The lowest BCUT2D eigenvalue weighted by molar-refractivity contribution is -0.161. The molecule has 8 heteroatoms. The first-order chi connectivity index (χ1) is 12.7. The van der Waals surface area contributed by atoms with E-state index in [0.29, 0.717) is 11.3 Å². The normalized spacial score (nSPS) is 19.5. The SMILES string of the molecule is CCOC(=O)C1=C(c2ccc(OC)cc2)OCC1(O[Si](C)(C)C)C(=O)OC. The minimum Gasteiger partial charge on any atom is -0.497 e. The molecule has 0 fully saturated rings. The van der Waals surface area contributed by atoms with Crippen molar-refractivity contribution >= 4 is 26.0 Å². The maximum Gasteiger partial charge on any atom is 0.345 e. The van der Waals surface area contributed by atoms with Gasteiger partial charge >= 0.3 is 11.9 Å². The molecule has 1 unspecified atom stereocenters. The molecule has 1 aliphatic rings. The molecule has 1 atom stereocenters. The highest BCUT2D eigenvalue weighted by atomic mass is 28.4. The zero-order chi connectivity index (χ0) is 20.2. The van der Waals surface area contributed by atoms with Crippen molar-refractivity contribution in [2.45, 2.75) is 32.2 Å². The monoisotopic (exact) mass is 394 g/mol. The Labute approximate surface area is 160 Å². The van der Waals surface area contributed by atoms with Crippen LogP contribution >= 0.6 is 0 Å². The predicted molar refractivity (Wildman–Crippen MR) is 102 cm³/mol. The summed E-state index contributed by atoms with van der Waals surface area (Å²) in [4.78, 5) is 25.6. The van der Waals surface area contributed by atoms with Crippen molar-refractivity contribution in [1.29, 1.82) is 0 Å². The molecular formula is C19H26O7Si. The Balaban J connectivity index is 2.66. The highest BCUT2D eigenvalue weighted by molar-refractivity contribution is 6.70. The van der Waals surface area contributed by atoms with Gasteiger partial charge in [0.1, 0.15) is 23.7 Å². The molecule has 2 rings (SSSR count). The summed E-state index contributed by atoms with van der Waals surface area (Å²) in [5.41, 5.74) is -1.01. The van der Waals surface area contributed by atoms with Gasteiger partial charge in [-0.25, -0.2) is 9.59 Å². The van der Waals surface area contributed by atoms with E-state index < -0.39 is 25.9 Å². The van der Waals surface area contributed by atoms with Gasteiger partial charge in [-0.1, -0.05) is 0 Å². The van der Waals surface area contributed by atoms with E-state index in [1.165, 1.54) is 7.11 Å². The molecule has 0 aromatic heterocycles. The molecule has 0 aliphatic carbocycles. The molecule has 7 nitrogen and oxygen atoms in total. The van der Waals surface area contributed by atoms with Crippen LogP contribution in [0.5, 0.6) is 5.75 Å². The predicted octanol–water partition coefficient (Wildman–Crippen LogP) is 2.76. The van der Waals surface area contributed by atoms with Crippen molar-refractivity contribution in [2.24, 2.45) is 0 Å². The summed E-state index contributed by atoms with van der Waals surface area (Å²) < 4.78 is 27.3. The summed E-state index contributed by atoms with van der Waals surface area (Å²) in [5, 5.41) is 0. The minimum absolute atomic E-state index is 0.0313. The summed E-state index contributed by atoms with van der Waals surface area (Å²) in [6.07, 6.45) is 0. The number of hydrogen-bond acceptors (Lipinski definition) is 7. The third-order valence-corrected chi connectivity index (χ3v) is 4.84. The van der Waals surface area contributed by atoms with Crippen LogP contribution in [-0.2, 0) is 28.2 Å². The number of methoxy groups -OCH3 is 2. The Kier molecular flexibility index (Phi) is 6.33. The fourth-order valence-electron chi connectivity index (χ4n) is 2.90. The van der Waals surface area contributed by atoms with Gasteiger partial charge in [0.25, 0.3) is 0 Å². The Bertz CT molecular complexity index is 733. The van der Waals surface area contributed by atoms with Gasteiger partial charge < -0.3 is 23.4 Å². The summed E-state index contributed by atoms with van der Waals surface area (Å²) >= 11 is 0. The van der Waals surface area contributed by atoms with Crippen LogP contribution in [0.25, 0.3) is 5.76 Å². The third kappa shape index (κ3) is 4.33. The topological polar surface area (TPSA) is 80.3 Å². The number of carbonyl (C=O) groups excluding carboxylic acids is 2. The maximum atomic E-state index is 12.8. The fourth-order valence-corrected chi connectivity index (χ4v) is 4.19. The number of benzene rings is 1. The first-order valence-corrected chi connectivity index (χ1v) is 12.1. The summed E-state index contributed by atoms with van der Waals surface area (Å²) in [7, 11) is 0.547. The smallest absolute Gasteiger partial charge is 0.345 e. The van der Waals surface area contributed by atoms with Gasteiger partial charge in [-0.05, 0) is 50.8 Å². The van der Waals surface area contributed by atoms with E-state index in [9.17, 15) is 9.59 Å². The van der Waals surface area contributed by atoms with E-state index in [2.05, 4.69) is 0 Å². The first kappa shape index (κ1) is 21.0. The Morgan fingerprint density at radius 2 is 1.78 bits per heavy atom. The summed E-state index contributed by atoms with van der Waals surface area (Å²) in [6.45, 7) is 7.46. The van der Waals surface area contributed by atoms with Crippen LogP contribution < -0.4 is 4.74 Å². The zero-order valence-corrected chi connectivity index (χ0v) is 17.6. The van der Waals surface area contributed by atoms with Gasteiger partial charge in [-0.2, -0.15) is 0 Å². The van der Waals surface area contributed by atoms with Gasteiger partial charge in [0.2, 0.25) is 5.60 Å². The molecule has 27 heavy (non-hydrogen) atoms. The second-order valence-corrected chi connectivity index (χ2v) is 11.4. The lowest BCUT2D eigenvalue weighted by Crippen LogP contribution is -2.53. The number of esters is 2. The van der Waals surface area contributed by atoms with Crippen molar-refractivity contribution in [2.75, 3.05) is 27.4 Å². The molecule has 0 bridgehead atoms. The molecule has 1 heterocycles. The Morgan fingerprint density at radius 1 is 1.15 bits per heavy atom. The zero-order valence-electron chi connectivity index (χ0n) is 16.6. The lowest BCUT2D eigenvalue weighted by Gasteiger charge is -2.33. The molecule has 0 amide bonds. The average molecular weight is 394 g/mol. The highest BCUT2D eigenvalue weighted by Crippen LogP contribution is 2.41. The van der Waals surface area contributed by atoms with Crippen molar-refractivity contribution in [1.82, 2.24) is 0 Å². The van der Waals surface area contributed by atoms with Crippen LogP contribution in [0.2, 0.25) is 19.6 Å². The number of carbonyl (C=O) groups is 2. The van der Waals surface area contributed by atoms with Gasteiger partial charge in [0.05, 0.1) is 20.8 Å². The van der Waals surface area contributed by atoms with Gasteiger partial charge in [-0.15, -0.1) is 0 Å². The second-order valence-electron chi connectivity index (χ2n) is 6.97. The van der Waals surface area contributed by atoms with E-state index in [-0.39, 0.29) is 24.5 Å². The van der Waals surface area contributed by atoms with Crippen LogP contribution in [-0.4, -0.2) is 53.3 Å². The van der Waals surface area contributed by atoms with Crippen LogP contribution in [0.3, 0.4) is 0 Å². The van der Waals surface area contributed by atoms with E-state index in [4.69, 9.17) is 23.4 Å². The molecular weight excluding hydrogens is 368 g/mol. The number of ether oxygens (including phenoxy) is 4. The Morgan fingerprint density at radius 3 is 2.26 bits per heavy atom. The molecule has 0 radical (unpaired) electrons. The first-order valence-electron chi connectivity index (χ1n) is 8.66. The fraction of sp³-hybridized carbons (Fsp3) is 0.474. The molecule has 148 valence electrons. The molecule has 1 aliphatic heterocycles. The van der Waals surface area contributed by atoms with E-state index >= 15 is 0 Å². The third-order valence-electron chi connectivity index (χ3n) is 3.88. The largest absolute Gasteiger partial charge is 0.497 e. The standard InChI is InChI=1S/C19H26O7Si/c1-7-24-17(20)15-16(13-8-10-14(22-2)11-9-13)25-12-19(15,18(21)23-3)26-27(4,5)6/h8-11H,7,12H2,1-6H3. The minimum atomic E-state index is -2.27. The molecule has 1 aromatic carbocycles. The molecule has 0 saturated heterocycles. The van der Waals surface area contributed by atoms with E-state index in [0.717, 1.165) is 0 Å². The van der Waals surface area contributed by atoms with Crippen LogP contribution in [0.1, 0.15) is 12.5 Å². The van der Waals surface area contributed by atoms with Crippen molar-refractivity contribution in [3.63, 3.8) is 0 Å². The highest BCUT2D eigenvalue weighted by Gasteiger charge is 2.57. The van der Waals surface area contributed by atoms with Crippen molar-refractivity contribution < 1.29 is 33.0 Å². The van der Waals surface area contributed by atoms with Crippen molar-refractivity contribution in [3.05, 3.63) is 35.4 Å². The van der Waals surface area contributed by atoms with Crippen LogP contribution in [0.4, 0.5) is 0 Å². The quantitative estimate of drug-likeness (QED) is 0.520. The van der Waals surface area contributed by atoms with Gasteiger partial charge in [0.15, 0.2) is 8.32 Å². The Hall–Kier alpha value is -2.32. The van der Waals surface area contributed by atoms with Crippen LogP contribution in [0.15, 0.2) is 29.8 Å². The molecule has 0 saturated carbocycles. The molecule has 0 spiro atoms. The number of hydrogen-bond donors (Lipinski definition) is 0. The summed E-state index contributed by atoms with van der Waals surface area (Å²) in [6, 6.07) is 6.97. The lowest BCUT2D eigenvalue weighted by atomic mass is 9.93. The van der Waals surface area contributed by atoms with E-state index in [1.807, 2.05) is 19.6 Å². The van der Waals surface area contributed by atoms with Crippen LogP contribution in [0, 0.1) is 0 Å². The summed E-state index contributed by atoms with van der Waals surface area (Å²) in [5.74, 6) is -0.437. The maximum absolute atomic E-state index is 12.8. The van der Waals surface area contributed by atoms with Crippen molar-refractivity contribution in [3.8, 4) is 5.75 Å². The van der Waals surface area contributed by atoms with Gasteiger partial charge in [0, 0.05) is 5.56 Å². The average Bonchev–Trinajstić information content (AvgIpc) is 2.99. The van der Waals surface area contributed by atoms with Gasteiger partial charge in [-0.3, -0.25) is 0 Å². The number of rotatable bonds is 7. The van der Waals surface area contributed by atoms with E-state index in [1.54, 1.807) is 38.3 Å². The molecule has 1 aromatic rings. The molecule has 0 N–H and O–H groups in total.